The molecule has 2 saturated heterocycles. The van der Waals surface area contributed by atoms with E-state index in [1.54, 1.807) is 18.0 Å². The number of halogens is 3. The van der Waals surface area contributed by atoms with E-state index in [-0.39, 0.29) is 35.7 Å². The zero-order valence-electron chi connectivity index (χ0n) is 32.2. The smallest absolute Gasteiger partial charge is 0.416 e. The van der Waals surface area contributed by atoms with Crippen molar-refractivity contribution in [2.45, 2.75) is 77.4 Å². The van der Waals surface area contributed by atoms with Crippen LogP contribution in [0.5, 0.6) is 5.75 Å². The van der Waals surface area contributed by atoms with Crippen molar-refractivity contribution in [1.82, 2.24) is 19.4 Å². The van der Waals surface area contributed by atoms with Gasteiger partial charge in [0.25, 0.3) is 0 Å². The van der Waals surface area contributed by atoms with Gasteiger partial charge in [0, 0.05) is 53.1 Å². The summed E-state index contributed by atoms with van der Waals surface area (Å²) < 4.78 is 71.1. The van der Waals surface area contributed by atoms with Gasteiger partial charge >= 0.3 is 30.1 Å². The summed E-state index contributed by atoms with van der Waals surface area (Å²) in [6.45, 7) is 6.49. The number of amides is 2. The number of rotatable bonds is 9. The fraction of sp³-hybridized carbons (Fsp3) is 0.514. The van der Waals surface area contributed by atoms with Crippen LogP contribution in [0.3, 0.4) is 0 Å². The van der Waals surface area contributed by atoms with E-state index in [2.05, 4.69) is 9.97 Å². The summed E-state index contributed by atoms with van der Waals surface area (Å²) in [4.78, 5) is 77.0. The van der Waals surface area contributed by atoms with Gasteiger partial charge in [-0.25, -0.2) is 19.6 Å². The third-order valence-corrected chi connectivity index (χ3v) is 10.1. The van der Waals surface area contributed by atoms with Gasteiger partial charge in [-0.1, -0.05) is 13.8 Å². The Bertz CT molecular complexity index is 2070. The van der Waals surface area contributed by atoms with Gasteiger partial charge in [0.05, 0.1) is 35.9 Å². The number of carbonyl (C=O) groups excluding carboxylic acids is 5. The number of hydrogen-bond donors (Lipinski definition) is 0. The minimum absolute atomic E-state index is 0.115. The fourth-order valence-corrected chi connectivity index (χ4v) is 7.07. The van der Waals surface area contributed by atoms with Crippen molar-refractivity contribution >= 4 is 52.4 Å². The number of hydrogen-bond acceptors (Lipinski definition) is 14. The molecule has 306 valence electrons. The molecule has 57 heavy (non-hydrogen) atoms. The van der Waals surface area contributed by atoms with Crippen LogP contribution >= 0.6 is 0 Å². The number of likely N-dealkylation sites (N-methyl/N-ethyl adjacent to an activating group) is 1. The lowest BCUT2D eigenvalue weighted by molar-refractivity contribution is -0.266. The van der Waals surface area contributed by atoms with Crippen LogP contribution in [-0.4, -0.2) is 114 Å². The van der Waals surface area contributed by atoms with E-state index in [9.17, 15) is 37.1 Å². The molecule has 20 heteroatoms. The first-order valence-electron chi connectivity index (χ1n) is 17.8. The minimum atomic E-state index is -4.86. The number of alkyl halides is 3. The number of ether oxygens (including phenoxy) is 5. The molecule has 2 amide bonds. The van der Waals surface area contributed by atoms with Crippen LogP contribution < -0.4 is 14.5 Å². The maximum atomic E-state index is 14.2. The second-order valence-corrected chi connectivity index (χ2v) is 13.8. The highest BCUT2D eigenvalue weighted by Crippen LogP contribution is 2.40. The topological polar surface area (TPSA) is 196 Å². The molecule has 0 aliphatic carbocycles. The molecule has 0 saturated carbocycles. The van der Waals surface area contributed by atoms with Crippen LogP contribution in [-0.2, 0) is 44.3 Å². The highest BCUT2D eigenvalue weighted by atomic mass is 19.4. The van der Waals surface area contributed by atoms with E-state index in [0.29, 0.717) is 42.8 Å². The largest absolute Gasteiger partial charge is 0.467 e. The number of piperidine rings is 1. The second kappa shape index (κ2) is 17.0. The number of nitriles is 1. The summed E-state index contributed by atoms with van der Waals surface area (Å²) in [5, 5.41) is 9.47. The average molecular weight is 802 g/mol. The SMILES string of the molecule is COC(=O)[C@H]1O[C@@H](Oc2ccc(C(F)(F)F)cc2N(C)C(=O)n2ccc3c(N(C)C4CN(C(=O)CC#N)CC[C@H]4C)ncnc32)[C@H](OC(C)=O)[C@@H](OC(C)=O)[C@@H]1C. The normalized spacial score (nSPS) is 23.5. The van der Waals surface area contributed by atoms with E-state index < -0.39 is 71.9 Å². The predicted molar refractivity (Wildman–Crippen MR) is 193 cm³/mol. The number of nitrogens with zero attached hydrogens (tertiary/aromatic N) is 7. The molecule has 17 nitrogen and oxygen atoms in total. The van der Waals surface area contributed by atoms with E-state index in [0.717, 1.165) is 36.5 Å². The molecule has 1 aromatic carbocycles. The van der Waals surface area contributed by atoms with Gasteiger partial charge in [0.1, 0.15) is 24.3 Å². The average Bonchev–Trinajstić information content (AvgIpc) is 3.60. The quantitative estimate of drug-likeness (QED) is 0.223. The Kier molecular flexibility index (Phi) is 12.6. The van der Waals surface area contributed by atoms with Crippen molar-refractivity contribution in [2.24, 2.45) is 11.8 Å². The lowest BCUT2D eigenvalue weighted by atomic mass is 9.90. The standard InChI is InChI=1S/C37H42F3N7O10/c1-19-11-14-46(28(50)10-13-41)17-26(19)44(5)32-24-12-15-47(33(24)43-18-42-32)36(52)45(6)25-16-23(37(38,39)40)8-9-27(25)56-35-31(55-22(4)49)29(54-21(3)48)20(2)30(57-35)34(51)53-7/h8-9,12,15-16,18-20,26,29-31,35H,10-11,14,17H2,1-7H3/t19-,20+,26?,29+,30+,31-,35-/m1/s1. The van der Waals surface area contributed by atoms with Crippen molar-refractivity contribution in [1.29, 1.82) is 5.26 Å². The van der Waals surface area contributed by atoms with Crippen molar-refractivity contribution in [3.8, 4) is 11.8 Å². The number of esters is 3. The number of benzene rings is 1. The third kappa shape index (κ3) is 8.88. The van der Waals surface area contributed by atoms with Crippen LogP contribution in [0.2, 0.25) is 0 Å². The Morgan fingerprint density at radius 3 is 2.35 bits per heavy atom. The summed E-state index contributed by atoms with van der Waals surface area (Å²) in [5.41, 5.74) is -1.44. The van der Waals surface area contributed by atoms with Crippen LogP contribution in [0.15, 0.2) is 36.8 Å². The van der Waals surface area contributed by atoms with Gasteiger partial charge in [0.15, 0.2) is 17.9 Å². The Morgan fingerprint density at radius 1 is 1.04 bits per heavy atom. The molecule has 5 rings (SSSR count). The third-order valence-electron chi connectivity index (χ3n) is 10.1. The van der Waals surface area contributed by atoms with Gasteiger partial charge in [-0.05, 0) is 36.6 Å². The van der Waals surface area contributed by atoms with E-state index in [1.807, 2.05) is 17.9 Å². The van der Waals surface area contributed by atoms with Gasteiger partial charge in [0.2, 0.25) is 18.3 Å². The number of likely N-dealkylation sites (tertiary alicyclic amines) is 1. The Labute approximate surface area is 325 Å². The van der Waals surface area contributed by atoms with Gasteiger partial charge < -0.3 is 33.5 Å². The van der Waals surface area contributed by atoms with Crippen molar-refractivity contribution in [2.75, 3.05) is 44.1 Å². The maximum absolute atomic E-state index is 14.2. The lowest BCUT2D eigenvalue weighted by Crippen LogP contribution is -2.60. The molecule has 0 N–H and O–H groups in total. The molecule has 0 bridgehead atoms. The molecule has 1 unspecified atom stereocenters. The first-order chi connectivity index (χ1) is 26.9. The maximum Gasteiger partial charge on any atom is 0.416 e. The molecule has 3 aromatic rings. The first kappa shape index (κ1) is 42.2. The summed E-state index contributed by atoms with van der Waals surface area (Å²) >= 11 is 0. The van der Waals surface area contributed by atoms with Gasteiger partial charge in [-0.2, -0.15) is 18.4 Å². The first-order valence-corrected chi connectivity index (χ1v) is 17.8. The van der Waals surface area contributed by atoms with Crippen LogP contribution in [0.25, 0.3) is 11.0 Å². The Balaban J connectivity index is 1.52. The van der Waals surface area contributed by atoms with E-state index in [4.69, 9.17) is 28.9 Å². The monoisotopic (exact) mass is 801 g/mol. The summed E-state index contributed by atoms with van der Waals surface area (Å²) in [5.74, 6) is -3.61. The molecule has 0 radical (unpaired) electrons. The minimum Gasteiger partial charge on any atom is -0.467 e. The van der Waals surface area contributed by atoms with Crippen LogP contribution in [0.4, 0.5) is 29.5 Å². The van der Waals surface area contributed by atoms with Crippen molar-refractivity contribution in [3.63, 3.8) is 0 Å². The molecule has 2 aliphatic rings. The van der Waals surface area contributed by atoms with Crippen molar-refractivity contribution < 1.29 is 60.8 Å². The molecule has 2 fully saturated rings. The molecular formula is C37H42F3N7O10. The molecule has 2 aromatic heterocycles. The number of fused-ring (bicyclic) bond motifs is 1. The lowest BCUT2D eigenvalue weighted by Gasteiger charge is -2.43. The predicted octanol–water partition coefficient (Wildman–Crippen LogP) is 3.92. The second-order valence-electron chi connectivity index (χ2n) is 13.8. The van der Waals surface area contributed by atoms with E-state index >= 15 is 0 Å². The van der Waals surface area contributed by atoms with Crippen LogP contribution in [0.1, 0.15) is 46.1 Å². The molecule has 0 spiro atoms. The Hall–Kier alpha value is -5.97. The molecular weight excluding hydrogens is 759 g/mol. The zero-order valence-corrected chi connectivity index (χ0v) is 32.2. The van der Waals surface area contributed by atoms with Crippen LogP contribution in [0, 0.1) is 23.2 Å². The molecule has 2 aliphatic heterocycles. The summed E-state index contributed by atoms with van der Waals surface area (Å²) in [7, 11) is 4.07. The highest BCUT2D eigenvalue weighted by Gasteiger charge is 2.52. The number of methoxy groups -OCH3 is 1. The van der Waals surface area contributed by atoms with Crippen molar-refractivity contribution in [3.05, 3.63) is 42.4 Å². The fourth-order valence-electron chi connectivity index (χ4n) is 7.07. The number of anilines is 2. The Morgan fingerprint density at radius 2 is 1.72 bits per heavy atom. The van der Waals surface area contributed by atoms with Gasteiger partial charge in [-0.15, -0.1) is 0 Å². The number of aromatic nitrogens is 3. The van der Waals surface area contributed by atoms with E-state index in [1.165, 1.54) is 26.5 Å². The summed E-state index contributed by atoms with van der Waals surface area (Å²) in [6.07, 6.45) is -7.88. The molecule has 7 atom stereocenters. The highest BCUT2D eigenvalue weighted by molar-refractivity contribution is 6.01. The zero-order chi connectivity index (χ0) is 41.9. The molecule has 4 heterocycles. The summed E-state index contributed by atoms with van der Waals surface area (Å²) in [6, 6.07) is 4.67. The van der Waals surface area contributed by atoms with Gasteiger partial charge in [-0.3, -0.25) is 23.9 Å². The number of carbonyl (C=O) groups is 5.